The predicted molar refractivity (Wildman–Crippen MR) is 93.8 cm³/mol. The summed E-state index contributed by atoms with van der Waals surface area (Å²) < 4.78 is 5.09. The lowest BCUT2D eigenvalue weighted by Crippen LogP contribution is -2.44. The molecule has 1 spiro atoms. The number of oxime groups is 1. The molecule has 1 amide bonds. The number of ether oxygens (including phenoxy) is 1. The van der Waals surface area contributed by atoms with Crippen molar-refractivity contribution in [3.63, 3.8) is 0 Å². The molecule has 1 unspecified atom stereocenters. The van der Waals surface area contributed by atoms with Gasteiger partial charge in [0.2, 0.25) is 0 Å². The lowest BCUT2D eigenvalue weighted by atomic mass is 9.86. The number of hydrogen-bond acceptors (Lipinski definition) is 6. The highest BCUT2D eigenvalue weighted by atomic mass is 16.7. The second-order valence-electron chi connectivity index (χ2n) is 6.66. The summed E-state index contributed by atoms with van der Waals surface area (Å²) in [6.07, 6.45) is 1.61. The topological polar surface area (TPSA) is 109 Å². The minimum absolute atomic E-state index is 0.0825. The molecule has 140 valence electrons. The lowest BCUT2D eigenvalue weighted by Gasteiger charge is -2.31. The third kappa shape index (κ3) is 4.72. The highest BCUT2D eigenvalue weighted by Crippen LogP contribution is 2.33. The molecule has 2 aliphatic rings. The van der Waals surface area contributed by atoms with Gasteiger partial charge in [-0.15, -0.1) is 0 Å². The van der Waals surface area contributed by atoms with Crippen LogP contribution in [0.15, 0.2) is 35.5 Å². The van der Waals surface area contributed by atoms with E-state index >= 15 is 0 Å². The number of benzene rings is 1. The first-order valence-corrected chi connectivity index (χ1v) is 8.71. The van der Waals surface area contributed by atoms with Crippen molar-refractivity contribution >= 4 is 17.8 Å². The van der Waals surface area contributed by atoms with Crippen molar-refractivity contribution in [3.8, 4) is 0 Å². The molecule has 3 rings (SSSR count). The van der Waals surface area contributed by atoms with Gasteiger partial charge >= 0.3 is 12.1 Å². The van der Waals surface area contributed by atoms with Crippen LogP contribution in [0.25, 0.3) is 0 Å². The normalized spacial score (nSPS) is 19.3. The molecule has 0 aliphatic carbocycles. The Kier molecular flexibility index (Phi) is 5.72. The molecule has 1 aromatic carbocycles. The number of nitrogens with zero attached hydrogens (tertiary/aromatic N) is 1. The zero-order valence-corrected chi connectivity index (χ0v) is 14.4. The van der Waals surface area contributed by atoms with Crippen LogP contribution in [0.1, 0.15) is 31.2 Å². The first kappa shape index (κ1) is 18.2. The second-order valence-corrected chi connectivity index (χ2v) is 6.66. The van der Waals surface area contributed by atoms with Gasteiger partial charge in [-0.25, -0.2) is 9.59 Å². The summed E-state index contributed by atoms with van der Waals surface area (Å²) in [6, 6.07) is 8.09. The maximum absolute atomic E-state index is 11.9. The molecule has 1 atom stereocenters. The monoisotopic (exact) mass is 361 g/mol. The third-order valence-electron chi connectivity index (χ3n) is 4.65. The van der Waals surface area contributed by atoms with Gasteiger partial charge in [-0.1, -0.05) is 35.5 Å². The number of hydrogen-bond donors (Lipinski definition) is 3. The van der Waals surface area contributed by atoms with Crippen LogP contribution in [-0.4, -0.2) is 47.6 Å². The van der Waals surface area contributed by atoms with Gasteiger partial charge in [-0.05, 0) is 18.7 Å². The minimum atomic E-state index is -1.13. The van der Waals surface area contributed by atoms with Gasteiger partial charge in [0, 0.05) is 25.7 Å². The van der Waals surface area contributed by atoms with Crippen molar-refractivity contribution in [2.75, 3.05) is 13.1 Å². The van der Waals surface area contributed by atoms with E-state index in [2.05, 4.69) is 15.8 Å². The Labute approximate surface area is 151 Å². The Bertz CT molecular complexity index is 671. The maximum Gasteiger partial charge on any atom is 0.408 e. The summed E-state index contributed by atoms with van der Waals surface area (Å²) in [7, 11) is 0. The van der Waals surface area contributed by atoms with Crippen molar-refractivity contribution in [1.29, 1.82) is 0 Å². The van der Waals surface area contributed by atoms with Crippen molar-refractivity contribution in [2.45, 2.75) is 43.9 Å². The number of aliphatic carboxylic acids is 1. The first-order valence-electron chi connectivity index (χ1n) is 8.71. The fraction of sp³-hybridized carbons (Fsp3) is 0.500. The fourth-order valence-corrected chi connectivity index (χ4v) is 3.20. The Morgan fingerprint density at radius 3 is 2.73 bits per heavy atom. The Balaban J connectivity index is 1.49. The molecule has 8 heteroatoms. The van der Waals surface area contributed by atoms with Crippen molar-refractivity contribution in [2.24, 2.45) is 5.16 Å². The summed E-state index contributed by atoms with van der Waals surface area (Å²) >= 11 is 0. The zero-order chi connectivity index (χ0) is 18.4. The van der Waals surface area contributed by atoms with Gasteiger partial charge in [-0.3, -0.25) is 0 Å². The largest absolute Gasteiger partial charge is 0.480 e. The number of piperidine rings is 1. The van der Waals surface area contributed by atoms with Crippen LogP contribution >= 0.6 is 0 Å². The van der Waals surface area contributed by atoms with Crippen LogP contribution in [-0.2, 0) is 21.0 Å². The Morgan fingerprint density at radius 2 is 2.04 bits per heavy atom. The molecule has 26 heavy (non-hydrogen) atoms. The van der Waals surface area contributed by atoms with Gasteiger partial charge < -0.3 is 25.3 Å². The van der Waals surface area contributed by atoms with Crippen LogP contribution in [0.2, 0.25) is 0 Å². The van der Waals surface area contributed by atoms with E-state index in [9.17, 15) is 14.7 Å². The molecule has 0 bridgehead atoms. The standard InChI is InChI=1S/C18H23N3O5/c22-16(23)15(20-17(24)25-12-13-4-2-1-3-5-13)10-14-11-18(26-21-14)6-8-19-9-7-18/h1-5,15,19H,6-12H2,(H,20,24)(H,22,23). The summed E-state index contributed by atoms with van der Waals surface area (Å²) in [6.45, 7) is 1.80. The smallest absolute Gasteiger partial charge is 0.408 e. The SMILES string of the molecule is O=C(NC(CC1=NOC2(CCNCC2)C1)C(=O)O)OCc1ccccc1. The number of carbonyl (C=O) groups is 2. The molecule has 1 fully saturated rings. The molecular weight excluding hydrogens is 338 g/mol. The van der Waals surface area contributed by atoms with E-state index in [0.29, 0.717) is 12.1 Å². The molecule has 0 saturated carbocycles. The van der Waals surface area contributed by atoms with Crippen LogP contribution in [0.3, 0.4) is 0 Å². The van der Waals surface area contributed by atoms with Crippen LogP contribution in [0.4, 0.5) is 4.79 Å². The Morgan fingerprint density at radius 1 is 1.31 bits per heavy atom. The average Bonchev–Trinajstić information content (AvgIpc) is 3.02. The molecule has 1 saturated heterocycles. The van der Waals surface area contributed by atoms with Crippen molar-refractivity contribution < 1.29 is 24.3 Å². The van der Waals surface area contributed by atoms with Crippen LogP contribution in [0.5, 0.6) is 0 Å². The average molecular weight is 361 g/mol. The fourth-order valence-electron chi connectivity index (χ4n) is 3.20. The quantitative estimate of drug-likeness (QED) is 0.711. The lowest BCUT2D eigenvalue weighted by molar-refractivity contribution is -0.139. The Hall–Kier alpha value is -2.61. The van der Waals surface area contributed by atoms with E-state index in [4.69, 9.17) is 9.57 Å². The van der Waals surface area contributed by atoms with E-state index in [1.54, 1.807) is 0 Å². The first-order chi connectivity index (χ1) is 12.6. The molecular formula is C18H23N3O5. The van der Waals surface area contributed by atoms with Crippen LogP contribution < -0.4 is 10.6 Å². The number of carboxylic acids is 1. The molecule has 8 nitrogen and oxygen atoms in total. The molecule has 2 heterocycles. The highest BCUT2D eigenvalue weighted by molar-refractivity contribution is 5.92. The van der Waals surface area contributed by atoms with Gasteiger partial charge in [-0.2, -0.15) is 0 Å². The van der Waals surface area contributed by atoms with Gasteiger partial charge in [0.1, 0.15) is 18.2 Å². The van der Waals surface area contributed by atoms with E-state index in [-0.39, 0.29) is 18.6 Å². The van der Waals surface area contributed by atoms with E-state index in [1.807, 2.05) is 30.3 Å². The minimum Gasteiger partial charge on any atom is -0.480 e. The van der Waals surface area contributed by atoms with E-state index in [1.165, 1.54) is 0 Å². The van der Waals surface area contributed by atoms with E-state index < -0.39 is 18.1 Å². The van der Waals surface area contributed by atoms with Crippen molar-refractivity contribution in [3.05, 3.63) is 35.9 Å². The number of amides is 1. The van der Waals surface area contributed by atoms with Gasteiger partial charge in [0.05, 0.1) is 5.71 Å². The van der Waals surface area contributed by atoms with Crippen molar-refractivity contribution in [1.82, 2.24) is 10.6 Å². The molecule has 3 N–H and O–H groups in total. The van der Waals surface area contributed by atoms with Gasteiger partial charge in [0.15, 0.2) is 0 Å². The summed E-state index contributed by atoms with van der Waals surface area (Å²) in [5.41, 5.74) is 1.16. The number of rotatable bonds is 6. The summed E-state index contributed by atoms with van der Waals surface area (Å²) in [4.78, 5) is 29.0. The van der Waals surface area contributed by atoms with E-state index in [0.717, 1.165) is 31.5 Å². The zero-order valence-electron chi connectivity index (χ0n) is 14.4. The molecule has 1 aromatic rings. The third-order valence-corrected chi connectivity index (χ3v) is 4.65. The maximum atomic E-state index is 11.9. The number of carbonyl (C=O) groups excluding carboxylic acids is 1. The van der Waals surface area contributed by atoms with Crippen LogP contribution in [0, 0.1) is 0 Å². The summed E-state index contributed by atoms with van der Waals surface area (Å²) in [5, 5.41) is 19.1. The summed E-state index contributed by atoms with van der Waals surface area (Å²) in [5.74, 6) is -1.13. The molecule has 2 aliphatic heterocycles. The second kappa shape index (κ2) is 8.18. The van der Waals surface area contributed by atoms with Gasteiger partial charge in [0.25, 0.3) is 0 Å². The molecule has 0 aromatic heterocycles. The predicted octanol–water partition coefficient (Wildman–Crippen LogP) is 1.65. The number of carboxylic acid groups (broad SMARTS) is 1. The number of alkyl carbamates (subject to hydrolysis) is 1. The molecule has 0 radical (unpaired) electrons. The number of nitrogens with one attached hydrogen (secondary N) is 2. The highest BCUT2D eigenvalue weighted by Gasteiger charge is 2.41.